The fourth-order valence-corrected chi connectivity index (χ4v) is 10.7. The number of nitrogens with one attached hydrogen (secondary N) is 1. The second kappa shape index (κ2) is 22.6. The van der Waals surface area contributed by atoms with E-state index in [-0.39, 0.29) is 138 Å². The average Bonchev–Trinajstić information content (AvgIpc) is 3.38. The van der Waals surface area contributed by atoms with E-state index in [1.54, 1.807) is 4.90 Å². The standard InChI is InChI=1S/C50H32B22N2/c1-5-9-12-17-25(52)42(69)49(43(70)26(17)53)74-15-20-47(30(57)16(8-4)21(22-31(58)35(62)39(66)36(63)32(22)59)23-33(60)37(64)40(67)38(65)34(23)61)73-48-41(68)24(51)18(13-10-6-2)28(55)45(48)72(20)46-29(56)19(14-11-7-3)27(54)44(71)50(46)74/h4,21,73H,5-7,9-15H2,1-3H3/b30-16-. The van der Waals surface area contributed by atoms with Gasteiger partial charge in [-0.3, -0.25) is 0 Å². The predicted octanol–water partition coefficient (Wildman–Crippen LogP) is -13.5. The van der Waals surface area contributed by atoms with E-state index in [1.165, 1.54) is 0 Å². The van der Waals surface area contributed by atoms with Crippen LogP contribution in [0.25, 0.3) is 0 Å². The molecule has 24 heteroatoms. The van der Waals surface area contributed by atoms with Crippen molar-refractivity contribution < 1.29 is 0 Å². The lowest BCUT2D eigenvalue weighted by Crippen LogP contribution is -2.68. The summed E-state index contributed by atoms with van der Waals surface area (Å²) in [5.74, 6) is 1.37. The van der Waals surface area contributed by atoms with Crippen LogP contribution in [-0.2, 0) is 19.3 Å². The Morgan fingerprint density at radius 3 is 1.22 bits per heavy atom. The fraction of sp³-hybridized carbons (Fsp3) is 0.280. The van der Waals surface area contributed by atoms with Crippen molar-refractivity contribution >= 4 is 309 Å². The van der Waals surface area contributed by atoms with Crippen LogP contribution in [0.3, 0.4) is 0 Å². The molecule has 0 saturated carbocycles. The van der Waals surface area contributed by atoms with E-state index in [0.29, 0.717) is 81.1 Å². The van der Waals surface area contributed by atoms with E-state index in [0.717, 1.165) is 32.1 Å². The van der Waals surface area contributed by atoms with Crippen molar-refractivity contribution in [1.82, 2.24) is 0 Å². The number of anilines is 3. The summed E-state index contributed by atoms with van der Waals surface area (Å²) in [7, 11) is 145. The normalized spacial score (nSPS) is 13.3. The van der Waals surface area contributed by atoms with Gasteiger partial charge in [0.1, 0.15) is 165 Å². The molecule has 5 aromatic rings. The van der Waals surface area contributed by atoms with Gasteiger partial charge in [-0.1, -0.05) is 145 Å². The highest BCUT2D eigenvalue weighted by molar-refractivity contribution is 6.99. The molecule has 42 radical (unpaired) electrons. The molecule has 308 valence electrons. The third kappa shape index (κ3) is 9.27. The Kier molecular flexibility index (Phi) is 17.7. The highest BCUT2D eigenvalue weighted by atomic mass is 15.2. The molecule has 7 rings (SSSR count). The molecule has 5 aromatic carbocycles. The fourth-order valence-electron chi connectivity index (χ4n) is 10.7. The highest BCUT2D eigenvalue weighted by Gasteiger charge is 2.45. The van der Waals surface area contributed by atoms with Gasteiger partial charge in [-0.25, -0.2) is 0 Å². The molecule has 0 saturated heterocycles. The Balaban J connectivity index is 1.74. The molecule has 0 spiro atoms. The molecule has 0 aliphatic carbocycles. The van der Waals surface area contributed by atoms with Gasteiger partial charge in [0, 0.05) is 40.8 Å². The van der Waals surface area contributed by atoms with Gasteiger partial charge < -0.3 is 10.2 Å². The van der Waals surface area contributed by atoms with Crippen LogP contribution in [-0.4, -0.2) is 178 Å². The topological polar surface area (TPSA) is 15.3 Å². The monoisotopic (exact) mass is 902 g/mol. The Hall–Kier alpha value is -3.83. The first kappa shape index (κ1) is 57.9. The van der Waals surface area contributed by atoms with Crippen LogP contribution in [0, 0.1) is 12.3 Å². The Morgan fingerprint density at radius 1 is 0.473 bits per heavy atom. The van der Waals surface area contributed by atoms with E-state index in [1.807, 2.05) is 6.92 Å². The third-order valence-corrected chi connectivity index (χ3v) is 15.0. The minimum absolute atomic E-state index is 0.0253. The van der Waals surface area contributed by atoms with Crippen LogP contribution in [0.15, 0.2) is 22.2 Å². The summed E-state index contributed by atoms with van der Waals surface area (Å²) in [6, 6.07) is 0. The second-order valence-corrected chi connectivity index (χ2v) is 19.2. The number of nitrogens with zero attached hydrogens (tertiary/aromatic N) is 1. The number of benzene rings is 5. The zero-order valence-electron chi connectivity index (χ0n) is 42.4. The molecule has 2 heterocycles. The molecule has 0 unspecified atom stereocenters. The Labute approximate surface area is 469 Å². The second-order valence-electron chi connectivity index (χ2n) is 19.2. The molecule has 2 aliphatic heterocycles. The van der Waals surface area contributed by atoms with Crippen molar-refractivity contribution in [3.63, 3.8) is 0 Å². The van der Waals surface area contributed by atoms with Crippen LogP contribution < -0.4 is 130 Å². The molecule has 0 atom stereocenters. The largest absolute Gasteiger partial charge is 0.358 e. The Morgan fingerprint density at radius 2 is 0.824 bits per heavy atom. The summed E-state index contributed by atoms with van der Waals surface area (Å²) >= 11 is 0. The van der Waals surface area contributed by atoms with Crippen LogP contribution in [0.4, 0.5) is 17.1 Å². The number of unbranched alkanes of at least 4 members (excludes halogenated alkanes) is 3. The molecule has 0 fully saturated rings. The van der Waals surface area contributed by atoms with Crippen LogP contribution >= 0.6 is 0 Å². The van der Waals surface area contributed by atoms with Crippen molar-refractivity contribution in [3.8, 4) is 12.3 Å². The van der Waals surface area contributed by atoms with Gasteiger partial charge in [0.2, 0.25) is 6.71 Å². The lowest BCUT2D eigenvalue weighted by molar-refractivity contribution is 0.800. The van der Waals surface area contributed by atoms with Gasteiger partial charge in [-0.05, 0) is 44.0 Å². The quantitative estimate of drug-likeness (QED) is 0.0882. The van der Waals surface area contributed by atoms with Crippen molar-refractivity contribution in [1.29, 1.82) is 0 Å². The summed E-state index contributed by atoms with van der Waals surface area (Å²) < 4.78 is 0. The van der Waals surface area contributed by atoms with Crippen LogP contribution in [0.1, 0.15) is 93.0 Å². The number of terminal acetylenes is 1. The van der Waals surface area contributed by atoms with Gasteiger partial charge in [0.15, 0.2) is 0 Å². The lowest BCUT2D eigenvalue weighted by Gasteiger charge is -2.47. The summed E-state index contributed by atoms with van der Waals surface area (Å²) in [5, 5.41) is 3.52. The van der Waals surface area contributed by atoms with Gasteiger partial charge in [0.05, 0.1) is 0 Å². The predicted molar refractivity (Wildman–Crippen MR) is 342 cm³/mol. The van der Waals surface area contributed by atoms with Crippen molar-refractivity contribution in [2.75, 3.05) is 16.8 Å². The molecule has 0 bridgehead atoms. The molecule has 2 aliphatic rings. The minimum atomic E-state index is -1.41. The van der Waals surface area contributed by atoms with E-state index >= 15 is 0 Å². The summed E-state index contributed by atoms with van der Waals surface area (Å²) in [4.78, 5) is 1.78. The summed E-state index contributed by atoms with van der Waals surface area (Å²) in [6.07, 6.45) is 12.9. The minimum Gasteiger partial charge on any atom is -0.358 e. The van der Waals surface area contributed by atoms with Crippen LogP contribution in [0.5, 0.6) is 0 Å². The molecule has 0 amide bonds. The molecule has 1 N–H and O–H groups in total. The zero-order chi connectivity index (χ0) is 54.8. The van der Waals surface area contributed by atoms with E-state index in [2.05, 4.69) is 25.1 Å². The molecular formula is C50H32B22N2. The van der Waals surface area contributed by atoms with Gasteiger partial charge in [-0.2, -0.15) is 0 Å². The molecule has 0 aromatic heterocycles. The third-order valence-electron chi connectivity index (χ3n) is 15.0. The number of fused-ring (bicyclic) bond motifs is 5. The van der Waals surface area contributed by atoms with Gasteiger partial charge in [-0.15, -0.1) is 61.1 Å². The smallest absolute Gasteiger partial charge is 0.245 e. The zero-order valence-corrected chi connectivity index (χ0v) is 42.4. The molecule has 2 nitrogen and oxygen atoms in total. The van der Waals surface area contributed by atoms with Gasteiger partial charge >= 0.3 is 0 Å². The van der Waals surface area contributed by atoms with Gasteiger partial charge in [0.25, 0.3) is 0 Å². The van der Waals surface area contributed by atoms with Crippen LogP contribution in [0.2, 0.25) is 0 Å². The van der Waals surface area contributed by atoms with Crippen molar-refractivity contribution in [3.05, 3.63) is 50.0 Å². The van der Waals surface area contributed by atoms with E-state index < -0.39 is 12.6 Å². The maximum atomic E-state index is 7.64. The molecular weight excluding hydrogens is 866 g/mol. The first-order chi connectivity index (χ1) is 34.9. The first-order valence-corrected chi connectivity index (χ1v) is 24.4. The van der Waals surface area contributed by atoms with E-state index in [4.69, 9.17) is 171 Å². The number of rotatable bonds is 14. The van der Waals surface area contributed by atoms with E-state index in [9.17, 15) is 0 Å². The number of allylic oxidation sites excluding steroid dienone is 2. The SMILES string of the molecule is [B]/C(C1=C2CN(c3c([B])c([B])c(CCCC)c([B])c3[B])c3c([B])c([B])c(CCCC)c([B])c3B2c2c([B])c(CCCC)c([B])c([B])c2N1)=C(/C#C)C(c1c([B])c([B])c([B])c([B])c1[B])c1c([B])c([B])c([B])c([B])c1[B]. The lowest BCUT2D eigenvalue weighted by atomic mass is 9.29. The first-order valence-electron chi connectivity index (χ1n) is 24.4. The summed E-state index contributed by atoms with van der Waals surface area (Å²) in [5.41, 5.74) is 5.43. The average molecular weight is 899 g/mol. The maximum absolute atomic E-state index is 7.64. The van der Waals surface area contributed by atoms with Crippen molar-refractivity contribution in [2.45, 2.75) is 84.5 Å². The maximum Gasteiger partial charge on any atom is 0.245 e. The van der Waals surface area contributed by atoms with Crippen molar-refractivity contribution in [2.24, 2.45) is 0 Å². The molecule has 74 heavy (non-hydrogen) atoms. The number of hydrogen-bond acceptors (Lipinski definition) is 2. The highest BCUT2D eigenvalue weighted by Crippen LogP contribution is 2.37. The number of hydrogen-bond donors (Lipinski definition) is 1. The Bertz CT molecular complexity index is 3140. The summed E-state index contributed by atoms with van der Waals surface area (Å²) in [6.45, 7) is 5.13.